The third-order valence-corrected chi connectivity index (χ3v) is 2.67. The number of morpholine rings is 1. The number of rotatable bonds is 4. The number of nitrogens with one attached hydrogen (secondary N) is 3. The second-order valence-electron chi connectivity index (χ2n) is 3.94. The van der Waals surface area contributed by atoms with E-state index in [0.29, 0.717) is 13.2 Å². The van der Waals surface area contributed by atoms with Crippen molar-refractivity contribution in [1.82, 2.24) is 16.0 Å². The van der Waals surface area contributed by atoms with E-state index in [9.17, 15) is 4.79 Å². The number of carbonyl (C=O) groups is 1. The molecule has 0 radical (unpaired) electrons. The van der Waals surface area contributed by atoms with E-state index in [1.54, 1.807) is 0 Å². The van der Waals surface area contributed by atoms with Gasteiger partial charge in [0.05, 0.1) is 12.7 Å². The zero-order chi connectivity index (χ0) is 11.3. The van der Waals surface area contributed by atoms with Crippen molar-refractivity contribution in [1.29, 1.82) is 0 Å². The third kappa shape index (κ3) is 3.77. The SMILES string of the molecule is CNC(C)CNC(=O)[C@H]1NCCO[C@@H]1C. The monoisotopic (exact) mass is 215 g/mol. The van der Waals surface area contributed by atoms with E-state index < -0.39 is 0 Å². The van der Waals surface area contributed by atoms with Crippen molar-refractivity contribution >= 4 is 5.91 Å². The number of hydrogen-bond donors (Lipinski definition) is 3. The molecule has 1 amide bonds. The van der Waals surface area contributed by atoms with E-state index in [1.165, 1.54) is 0 Å². The largest absolute Gasteiger partial charge is 0.375 e. The Kier molecular flexibility index (Phi) is 5.01. The Labute approximate surface area is 90.9 Å². The van der Waals surface area contributed by atoms with E-state index in [2.05, 4.69) is 16.0 Å². The number of ether oxygens (including phenoxy) is 1. The third-order valence-electron chi connectivity index (χ3n) is 2.67. The number of likely N-dealkylation sites (N-methyl/N-ethyl adjacent to an activating group) is 1. The summed E-state index contributed by atoms with van der Waals surface area (Å²) in [6.45, 7) is 5.99. The Morgan fingerprint density at radius 1 is 1.67 bits per heavy atom. The van der Waals surface area contributed by atoms with Gasteiger partial charge in [0, 0.05) is 19.1 Å². The summed E-state index contributed by atoms with van der Waals surface area (Å²) in [4.78, 5) is 11.7. The fraction of sp³-hybridized carbons (Fsp3) is 0.900. The summed E-state index contributed by atoms with van der Waals surface area (Å²) in [5.41, 5.74) is 0. The van der Waals surface area contributed by atoms with Crippen LogP contribution in [0.15, 0.2) is 0 Å². The van der Waals surface area contributed by atoms with Gasteiger partial charge in [0.2, 0.25) is 5.91 Å². The Bertz CT molecular complexity index is 211. The molecule has 0 bridgehead atoms. The quantitative estimate of drug-likeness (QED) is 0.568. The fourth-order valence-corrected chi connectivity index (χ4v) is 1.49. The highest BCUT2D eigenvalue weighted by molar-refractivity contribution is 5.82. The summed E-state index contributed by atoms with van der Waals surface area (Å²) in [6, 6.07) is 0.0663. The molecule has 5 nitrogen and oxygen atoms in total. The average molecular weight is 215 g/mol. The summed E-state index contributed by atoms with van der Waals surface area (Å²) in [5.74, 6) is 0.0179. The van der Waals surface area contributed by atoms with Crippen molar-refractivity contribution in [3.63, 3.8) is 0 Å². The van der Waals surface area contributed by atoms with E-state index in [-0.39, 0.29) is 24.1 Å². The van der Waals surface area contributed by atoms with Gasteiger partial charge in [-0.2, -0.15) is 0 Å². The molecule has 0 aliphatic carbocycles. The van der Waals surface area contributed by atoms with Crippen LogP contribution in [0.25, 0.3) is 0 Å². The van der Waals surface area contributed by atoms with Gasteiger partial charge in [0.1, 0.15) is 6.04 Å². The second-order valence-corrected chi connectivity index (χ2v) is 3.94. The lowest BCUT2D eigenvalue weighted by atomic mass is 10.1. The summed E-state index contributed by atoms with van der Waals surface area (Å²) >= 11 is 0. The summed E-state index contributed by atoms with van der Waals surface area (Å²) in [7, 11) is 1.88. The van der Waals surface area contributed by atoms with Gasteiger partial charge in [0.25, 0.3) is 0 Å². The van der Waals surface area contributed by atoms with E-state index in [1.807, 2.05) is 20.9 Å². The Morgan fingerprint density at radius 2 is 2.40 bits per heavy atom. The minimum absolute atomic E-state index is 0.0179. The van der Waals surface area contributed by atoms with Crippen LogP contribution in [0.1, 0.15) is 13.8 Å². The van der Waals surface area contributed by atoms with Crippen LogP contribution in [0.3, 0.4) is 0 Å². The Balaban J connectivity index is 2.32. The predicted octanol–water partition coefficient (Wildman–Crippen LogP) is -0.913. The van der Waals surface area contributed by atoms with Gasteiger partial charge in [-0.1, -0.05) is 0 Å². The lowest BCUT2D eigenvalue weighted by molar-refractivity contribution is -0.129. The first-order chi connectivity index (χ1) is 7.15. The smallest absolute Gasteiger partial charge is 0.239 e. The molecule has 15 heavy (non-hydrogen) atoms. The van der Waals surface area contributed by atoms with Gasteiger partial charge in [-0.3, -0.25) is 4.79 Å². The highest BCUT2D eigenvalue weighted by atomic mass is 16.5. The van der Waals surface area contributed by atoms with Crippen LogP contribution in [0, 0.1) is 0 Å². The zero-order valence-electron chi connectivity index (χ0n) is 9.67. The molecule has 0 spiro atoms. The molecule has 88 valence electrons. The van der Waals surface area contributed by atoms with Crippen LogP contribution in [0.4, 0.5) is 0 Å². The molecule has 1 rings (SSSR count). The molecule has 1 heterocycles. The van der Waals surface area contributed by atoms with Crippen LogP contribution in [0.5, 0.6) is 0 Å². The van der Waals surface area contributed by atoms with E-state index in [0.717, 1.165) is 6.54 Å². The highest BCUT2D eigenvalue weighted by Gasteiger charge is 2.27. The fourth-order valence-electron chi connectivity index (χ4n) is 1.49. The van der Waals surface area contributed by atoms with Gasteiger partial charge in [-0.05, 0) is 20.9 Å². The van der Waals surface area contributed by atoms with E-state index >= 15 is 0 Å². The van der Waals surface area contributed by atoms with Crippen molar-refractivity contribution in [2.24, 2.45) is 0 Å². The topological polar surface area (TPSA) is 62.4 Å². The van der Waals surface area contributed by atoms with Gasteiger partial charge < -0.3 is 20.7 Å². The molecule has 1 aliphatic heterocycles. The molecular weight excluding hydrogens is 194 g/mol. The maximum absolute atomic E-state index is 11.7. The minimum Gasteiger partial charge on any atom is -0.375 e. The van der Waals surface area contributed by atoms with Crippen LogP contribution < -0.4 is 16.0 Å². The molecule has 1 unspecified atom stereocenters. The molecular formula is C10H21N3O2. The molecule has 3 N–H and O–H groups in total. The van der Waals surface area contributed by atoms with Crippen molar-refractivity contribution in [2.75, 3.05) is 26.7 Å². The normalized spacial score (nSPS) is 28.5. The number of hydrogen-bond acceptors (Lipinski definition) is 4. The van der Waals surface area contributed by atoms with Crippen molar-refractivity contribution in [3.8, 4) is 0 Å². The average Bonchev–Trinajstić information content (AvgIpc) is 2.26. The molecule has 1 saturated heterocycles. The van der Waals surface area contributed by atoms with Crippen molar-refractivity contribution < 1.29 is 9.53 Å². The molecule has 0 aromatic rings. The minimum atomic E-state index is -0.220. The first-order valence-electron chi connectivity index (χ1n) is 5.45. The molecule has 1 aliphatic rings. The van der Waals surface area contributed by atoms with Gasteiger partial charge in [-0.15, -0.1) is 0 Å². The van der Waals surface area contributed by atoms with Crippen LogP contribution in [0.2, 0.25) is 0 Å². The molecule has 3 atom stereocenters. The molecule has 1 fully saturated rings. The van der Waals surface area contributed by atoms with Crippen LogP contribution in [-0.2, 0) is 9.53 Å². The maximum Gasteiger partial charge on any atom is 0.239 e. The first kappa shape index (κ1) is 12.4. The van der Waals surface area contributed by atoms with Gasteiger partial charge >= 0.3 is 0 Å². The predicted molar refractivity (Wildman–Crippen MR) is 58.7 cm³/mol. The molecule has 0 aromatic heterocycles. The maximum atomic E-state index is 11.7. The van der Waals surface area contributed by atoms with E-state index in [4.69, 9.17) is 4.74 Å². The molecule has 0 aromatic carbocycles. The standard InChI is InChI=1S/C10H21N3O2/c1-7(11-3)6-13-10(14)9-8(2)15-5-4-12-9/h7-9,11-12H,4-6H2,1-3H3,(H,13,14)/t7?,8-,9+/m1/s1. The zero-order valence-corrected chi connectivity index (χ0v) is 9.67. The summed E-state index contributed by atoms with van der Waals surface area (Å²) in [6.07, 6.45) is -0.0522. The Hall–Kier alpha value is -0.650. The van der Waals surface area contributed by atoms with Crippen molar-refractivity contribution in [3.05, 3.63) is 0 Å². The van der Waals surface area contributed by atoms with Gasteiger partial charge in [0.15, 0.2) is 0 Å². The highest BCUT2D eigenvalue weighted by Crippen LogP contribution is 2.03. The first-order valence-corrected chi connectivity index (χ1v) is 5.45. The second kappa shape index (κ2) is 6.05. The molecule has 0 saturated carbocycles. The van der Waals surface area contributed by atoms with Crippen molar-refractivity contribution in [2.45, 2.75) is 32.0 Å². The number of carbonyl (C=O) groups excluding carboxylic acids is 1. The summed E-state index contributed by atoms with van der Waals surface area (Å²) in [5, 5.41) is 9.11. The lowest BCUT2D eigenvalue weighted by Gasteiger charge is -2.29. The van der Waals surface area contributed by atoms with Crippen LogP contribution >= 0.6 is 0 Å². The van der Waals surface area contributed by atoms with Crippen LogP contribution in [-0.4, -0.2) is 50.8 Å². The summed E-state index contributed by atoms with van der Waals surface area (Å²) < 4.78 is 5.41. The lowest BCUT2D eigenvalue weighted by Crippen LogP contribution is -2.56. The van der Waals surface area contributed by atoms with Gasteiger partial charge in [-0.25, -0.2) is 0 Å². The Morgan fingerprint density at radius 3 is 3.00 bits per heavy atom. The number of amides is 1. The molecule has 5 heteroatoms.